The zero-order chi connectivity index (χ0) is 14.3. The standard InChI is InChI=1S/C13H10N2O3S2/c16-9(17)5-6-15-12(18)11-10(14-13(15)19)7-3-1-2-4-8(7)20-11/h1-4H,5-6H2,(H,14,19)(H,16,17)/p-1. The van der Waals surface area contributed by atoms with Gasteiger partial charge in [-0.1, -0.05) is 18.2 Å². The number of carboxylic acid groups (broad SMARTS) is 1. The van der Waals surface area contributed by atoms with Gasteiger partial charge in [-0.25, -0.2) is 0 Å². The minimum absolute atomic E-state index is 0.0146. The number of hydrogen-bond acceptors (Lipinski definition) is 5. The molecule has 3 aromatic rings. The van der Waals surface area contributed by atoms with Crippen molar-refractivity contribution in [1.82, 2.24) is 9.55 Å². The third kappa shape index (κ3) is 2.04. The molecule has 0 saturated heterocycles. The predicted octanol–water partition coefficient (Wildman–Crippen LogP) is 1.41. The number of rotatable bonds is 3. The zero-order valence-electron chi connectivity index (χ0n) is 10.2. The van der Waals surface area contributed by atoms with Gasteiger partial charge in [0, 0.05) is 29.0 Å². The van der Waals surface area contributed by atoms with Crippen LogP contribution in [0, 0.1) is 4.77 Å². The van der Waals surface area contributed by atoms with Crippen LogP contribution in [0.2, 0.25) is 0 Å². The molecule has 0 radical (unpaired) electrons. The van der Waals surface area contributed by atoms with E-state index in [1.54, 1.807) is 0 Å². The van der Waals surface area contributed by atoms with Crippen LogP contribution in [0.3, 0.4) is 0 Å². The quantitative estimate of drug-likeness (QED) is 0.742. The number of carboxylic acids is 1. The molecule has 0 fully saturated rings. The first-order valence-electron chi connectivity index (χ1n) is 5.92. The SMILES string of the molecule is O=C([O-])CCn1c(=S)[nH]c2c(sc3ccccc32)c1=O. The molecule has 7 heteroatoms. The first kappa shape index (κ1) is 13.0. The maximum atomic E-state index is 12.4. The van der Waals surface area contributed by atoms with Gasteiger partial charge >= 0.3 is 0 Å². The molecule has 0 amide bonds. The Morgan fingerprint density at radius 1 is 1.40 bits per heavy atom. The lowest BCUT2D eigenvalue weighted by Gasteiger charge is -2.06. The fourth-order valence-corrected chi connectivity index (χ4v) is 3.50. The molecule has 3 rings (SSSR count). The third-order valence-corrected chi connectivity index (χ3v) is 4.53. The number of aromatic amines is 1. The van der Waals surface area contributed by atoms with Gasteiger partial charge in [0.15, 0.2) is 4.77 Å². The number of H-pyrrole nitrogens is 1. The van der Waals surface area contributed by atoms with E-state index < -0.39 is 5.97 Å². The number of fused-ring (bicyclic) bond motifs is 3. The Morgan fingerprint density at radius 3 is 2.90 bits per heavy atom. The van der Waals surface area contributed by atoms with Crippen molar-refractivity contribution in [1.29, 1.82) is 0 Å². The van der Waals surface area contributed by atoms with E-state index in [-0.39, 0.29) is 23.3 Å². The summed E-state index contributed by atoms with van der Waals surface area (Å²) in [4.78, 5) is 26.0. The lowest BCUT2D eigenvalue weighted by Crippen LogP contribution is -2.28. The summed E-state index contributed by atoms with van der Waals surface area (Å²) in [6.07, 6.45) is -0.242. The number of carbonyl (C=O) groups excluding carboxylic acids is 1. The van der Waals surface area contributed by atoms with Crippen molar-refractivity contribution in [3.63, 3.8) is 0 Å². The van der Waals surface area contributed by atoms with Gasteiger partial charge in [-0.15, -0.1) is 11.3 Å². The van der Waals surface area contributed by atoms with Crippen molar-refractivity contribution in [2.24, 2.45) is 0 Å². The summed E-state index contributed by atoms with van der Waals surface area (Å²) in [6, 6.07) is 7.65. The van der Waals surface area contributed by atoms with Gasteiger partial charge in [0.2, 0.25) is 0 Å². The minimum Gasteiger partial charge on any atom is -0.550 e. The summed E-state index contributed by atoms with van der Waals surface area (Å²) in [6.45, 7) is 0.0146. The molecule has 0 saturated carbocycles. The van der Waals surface area contributed by atoms with Crippen LogP contribution in [0.1, 0.15) is 6.42 Å². The molecular weight excluding hydrogens is 296 g/mol. The zero-order valence-corrected chi connectivity index (χ0v) is 11.8. The third-order valence-electron chi connectivity index (χ3n) is 3.05. The lowest BCUT2D eigenvalue weighted by molar-refractivity contribution is -0.305. The van der Waals surface area contributed by atoms with Crippen molar-refractivity contribution < 1.29 is 9.90 Å². The van der Waals surface area contributed by atoms with Crippen LogP contribution in [0.15, 0.2) is 29.1 Å². The smallest absolute Gasteiger partial charge is 0.272 e. The van der Waals surface area contributed by atoms with E-state index in [0.29, 0.717) is 10.2 Å². The molecule has 20 heavy (non-hydrogen) atoms. The van der Waals surface area contributed by atoms with Crippen LogP contribution < -0.4 is 10.7 Å². The Labute approximate surface area is 122 Å². The number of thiophene rings is 1. The van der Waals surface area contributed by atoms with E-state index in [0.717, 1.165) is 10.1 Å². The van der Waals surface area contributed by atoms with E-state index >= 15 is 0 Å². The van der Waals surface area contributed by atoms with Crippen LogP contribution in [0.25, 0.3) is 20.3 Å². The second-order valence-corrected chi connectivity index (χ2v) is 5.75. The Hall–Kier alpha value is -1.99. The Morgan fingerprint density at radius 2 is 2.15 bits per heavy atom. The van der Waals surface area contributed by atoms with Gasteiger partial charge in [-0.3, -0.25) is 9.36 Å². The van der Waals surface area contributed by atoms with Crippen molar-refractivity contribution in [3.05, 3.63) is 39.4 Å². The second-order valence-electron chi connectivity index (χ2n) is 4.31. The van der Waals surface area contributed by atoms with E-state index in [4.69, 9.17) is 12.2 Å². The van der Waals surface area contributed by atoms with Gasteiger partial charge in [0.05, 0.1) is 5.52 Å². The number of nitrogens with one attached hydrogen (secondary N) is 1. The fourth-order valence-electron chi connectivity index (χ4n) is 2.12. The summed E-state index contributed by atoms with van der Waals surface area (Å²) in [5, 5.41) is 11.5. The molecule has 0 unspecified atom stereocenters. The van der Waals surface area contributed by atoms with Gasteiger partial charge in [-0.05, 0) is 18.3 Å². The number of carbonyl (C=O) groups is 1. The fraction of sp³-hybridized carbons (Fsp3) is 0.154. The molecule has 0 bridgehead atoms. The summed E-state index contributed by atoms with van der Waals surface area (Å²) >= 11 is 6.52. The number of aromatic nitrogens is 2. The van der Waals surface area contributed by atoms with Crippen LogP contribution in [0.5, 0.6) is 0 Å². The topological polar surface area (TPSA) is 77.9 Å². The van der Waals surface area contributed by atoms with E-state index in [2.05, 4.69) is 4.98 Å². The summed E-state index contributed by atoms with van der Waals surface area (Å²) in [7, 11) is 0. The van der Waals surface area contributed by atoms with E-state index in [1.807, 2.05) is 24.3 Å². The van der Waals surface area contributed by atoms with Crippen LogP contribution in [0.4, 0.5) is 0 Å². The van der Waals surface area contributed by atoms with E-state index in [9.17, 15) is 14.7 Å². The summed E-state index contributed by atoms with van der Waals surface area (Å²) < 4.78 is 3.04. The van der Waals surface area contributed by atoms with Crippen molar-refractivity contribution in [3.8, 4) is 0 Å². The molecule has 2 heterocycles. The molecule has 2 aromatic heterocycles. The monoisotopic (exact) mass is 305 g/mol. The van der Waals surface area contributed by atoms with Crippen molar-refractivity contribution in [2.75, 3.05) is 0 Å². The lowest BCUT2D eigenvalue weighted by atomic mass is 10.2. The normalized spacial score (nSPS) is 11.2. The molecule has 0 aliphatic rings. The molecule has 102 valence electrons. The maximum absolute atomic E-state index is 12.4. The molecule has 0 spiro atoms. The number of nitrogens with zero attached hydrogens (tertiary/aromatic N) is 1. The highest BCUT2D eigenvalue weighted by molar-refractivity contribution is 7.71. The summed E-state index contributed by atoms with van der Waals surface area (Å²) in [5.41, 5.74) is 0.455. The second kappa shape index (κ2) is 4.84. The first-order valence-corrected chi connectivity index (χ1v) is 7.14. The van der Waals surface area contributed by atoms with E-state index in [1.165, 1.54) is 15.9 Å². The minimum atomic E-state index is -1.21. The largest absolute Gasteiger partial charge is 0.550 e. The molecule has 5 nitrogen and oxygen atoms in total. The molecule has 0 aliphatic heterocycles. The molecule has 1 N–H and O–H groups in total. The average Bonchev–Trinajstić information content (AvgIpc) is 2.77. The summed E-state index contributed by atoms with van der Waals surface area (Å²) in [5.74, 6) is -1.21. The molecule has 0 atom stereocenters. The average molecular weight is 305 g/mol. The molecule has 1 aromatic carbocycles. The number of hydrogen-bond donors (Lipinski definition) is 1. The highest BCUT2D eigenvalue weighted by Gasteiger charge is 2.11. The molecular formula is C13H9N2O3S2-. The van der Waals surface area contributed by atoms with Gasteiger partial charge in [0.25, 0.3) is 5.56 Å². The number of benzene rings is 1. The van der Waals surface area contributed by atoms with Crippen LogP contribution >= 0.6 is 23.6 Å². The highest BCUT2D eigenvalue weighted by atomic mass is 32.1. The highest BCUT2D eigenvalue weighted by Crippen LogP contribution is 2.29. The van der Waals surface area contributed by atoms with Crippen LogP contribution in [-0.2, 0) is 11.3 Å². The van der Waals surface area contributed by atoms with Crippen molar-refractivity contribution >= 4 is 49.8 Å². The molecule has 0 aliphatic carbocycles. The van der Waals surface area contributed by atoms with Gasteiger partial charge in [0.1, 0.15) is 4.70 Å². The Balaban J connectivity index is 2.30. The predicted molar refractivity (Wildman–Crippen MR) is 78.4 cm³/mol. The Bertz CT molecular complexity index is 936. The van der Waals surface area contributed by atoms with Gasteiger partial charge < -0.3 is 14.9 Å². The number of aliphatic carboxylic acids is 1. The van der Waals surface area contributed by atoms with Gasteiger partial charge in [-0.2, -0.15) is 0 Å². The first-order chi connectivity index (χ1) is 9.58. The Kier molecular flexibility index (Phi) is 3.15. The maximum Gasteiger partial charge on any atom is 0.272 e. The van der Waals surface area contributed by atoms with Crippen molar-refractivity contribution in [2.45, 2.75) is 13.0 Å². The van der Waals surface area contributed by atoms with Crippen LogP contribution in [-0.4, -0.2) is 15.5 Å².